The molecular weight excluding hydrogens is 322 g/mol. The standard InChI is InChI=1S/C22H33N3O/c1-4-20(26)17-9-22(10-17)11-19(12-22)25-7-5-16(6-8-25)18-13-23-21(15(2)3)24-14-18/h13-17,19H,4-12H2,1-3H3. The van der Waals surface area contributed by atoms with E-state index >= 15 is 0 Å². The lowest BCUT2D eigenvalue weighted by Gasteiger charge is -2.60. The molecule has 0 unspecified atom stereocenters. The van der Waals surface area contributed by atoms with Crippen LogP contribution in [0.5, 0.6) is 0 Å². The van der Waals surface area contributed by atoms with E-state index in [1.807, 2.05) is 6.92 Å². The molecule has 0 N–H and O–H groups in total. The molecule has 0 atom stereocenters. The molecule has 0 bridgehead atoms. The van der Waals surface area contributed by atoms with Gasteiger partial charge in [0.2, 0.25) is 0 Å². The van der Waals surface area contributed by atoms with Crippen molar-refractivity contribution in [3.8, 4) is 0 Å². The Morgan fingerprint density at radius 2 is 1.77 bits per heavy atom. The molecule has 1 aromatic heterocycles. The largest absolute Gasteiger partial charge is 0.300 e. The summed E-state index contributed by atoms with van der Waals surface area (Å²) in [5, 5.41) is 0. The van der Waals surface area contributed by atoms with E-state index in [2.05, 4.69) is 41.1 Å². The molecule has 3 aliphatic rings. The summed E-state index contributed by atoms with van der Waals surface area (Å²) in [6.07, 6.45) is 12.3. The minimum Gasteiger partial charge on any atom is -0.300 e. The number of likely N-dealkylation sites (tertiary alicyclic amines) is 1. The molecule has 142 valence electrons. The van der Waals surface area contributed by atoms with E-state index < -0.39 is 0 Å². The second-order valence-corrected chi connectivity index (χ2v) is 9.33. The number of piperidine rings is 1. The minimum absolute atomic E-state index is 0.389. The summed E-state index contributed by atoms with van der Waals surface area (Å²) in [6.45, 7) is 8.69. The van der Waals surface area contributed by atoms with Gasteiger partial charge in [-0.25, -0.2) is 9.97 Å². The van der Waals surface area contributed by atoms with E-state index in [-0.39, 0.29) is 0 Å². The molecule has 4 nitrogen and oxygen atoms in total. The van der Waals surface area contributed by atoms with Crippen LogP contribution in [-0.2, 0) is 4.79 Å². The molecule has 3 fully saturated rings. The van der Waals surface area contributed by atoms with Crippen LogP contribution in [0.3, 0.4) is 0 Å². The Hall–Kier alpha value is -1.29. The number of nitrogens with zero attached hydrogens (tertiary/aromatic N) is 3. The molecule has 0 radical (unpaired) electrons. The predicted octanol–water partition coefficient (Wildman–Crippen LogP) is 4.32. The highest BCUT2D eigenvalue weighted by Gasteiger charge is 2.55. The lowest BCUT2D eigenvalue weighted by atomic mass is 9.49. The van der Waals surface area contributed by atoms with Crippen LogP contribution in [-0.4, -0.2) is 39.8 Å². The molecule has 4 rings (SSSR count). The van der Waals surface area contributed by atoms with Gasteiger partial charge in [0, 0.05) is 36.7 Å². The van der Waals surface area contributed by atoms with Crippen molar-refractivity contribution in [3.05, 3.63) is 23.8 Å². The van der Waals surface area contributed by atoms with Gasteiger partial charge < -0.3 is 4.90 Å². The van der Waals surface area contributed by atoms with Gasteiger partial charge in [-0.05, 0) is 68.5 Å². The molecule has 0 amide bonds. The summed E-state index contributed by atoms with van der Waals surface area (Å²) in [7, 11) is 0. The zero-order valence-corrected chi connectivity index (χ0v) is 16.6. The topological polar surface area (TPSA) is 46.1 Å². The number of carbonyl (C=O) groups excluding carboxylic acids is 1. The first-order chi connectivity index (χ1) is 12.5. The maximum Gasteiger partial charge on any atom is 0.135 e. The fraction of sp³-hybridized carbons (Fsp3) is 0.773. The normalized spacial score (nSPS) is 32.5. The third kappa shape index (κ3) is 3.33. The summed E-state index contributed by atoms with van der Waals surface area (Å²) in [5.41, 5.74) is 1.86. The van der Waals surface area contributed by atoms with E-state index in [0.29, 0.717) is 29.0 Å². The van der Waals surface area contributed by atoms with E-state index in [1.54, 1.807) is 0 Å². The Bertz CT molecular complexity index is 632. The maximum absolute atomic E-state index is 11.8. The first kappa shape index (κ1) is 18.1. The van der Waals surface area contributed by atoms with Crippen LogP contribution in [0.2, 0.25) is 0 Å². The van der Waals surface area contributed by atoms with Crippen LogP contribution in [0.4, 0.5) is 0 Å². The number of aromatic nitrogens is 2. The summed E-state index contributed by atoms with van der Waals surface area (Å²) < 4.78 is 0. The average Bonchev–Trinajstić information content (AvgIpc) is 2.59. The Kier molecular flexibility index (Phi) is 4.89. The summed E-state index contributed by atoms with van der Waals surface area (Å²) in [5.74, 6) is 2.85. The Balaban J connectivity index is 1.23. The van der Waals surface area contributed by atoms with Crippen LogP contribution < -0.4 is 0 Å². The van der Waals surface area contributed by atoms with Crippen LogP contribution in [0, 0.1) is 11.3 Å². The predicted molar refractivity (Wildman–Crippen MR) is 103 cm³/mol. The molecule has 26 heavy (non-hydrogen) atoms. The minimum atomic E-state index is 0.389. The number of ketones is 1. The average molecular weight is 356 g/mol. The van der Waals surface area contributed by atoms with Crippen molar-refractivity contribution in [3.63, 3.8) is 0 Å². The maximum atomic E-state index is 11.8. The molecule has 2 aliphatic carbocycles. The van der Waals surface area contributed by atoms with Crippen molar-refractivity contribution in [2.75, 3.05) is 13.1 Å². The first-order valence-electron chi connectivity index (χ1n) is 10.6. The monoisotopic (exact) mass is 355 g/mol. The zero-order valence-electron chi connectivity index (χ0n) is 16.6. The first-order valence-corrected chi connectivity index (χ1v) is 10.6. The molecular formula is C22H33N3O. The highest BCUT2D eigenvalue weighted by molar-refractivity contribution is 5.81. The van der Waals surface area contributed by atoms with Gasteiger partial charge >= 0.3 is 0 Å². The molecule has 1 spiro atoms. The van der Waals surface area contributed by atoms with Crippen LogP contribution in [0.25, 0.3) is 0 Å². The van der Waals surface area contributed by atoms with Crippen molar-refractivity contribution >= 4 is 5.78 Å². The van der Waals surface area contributed by atoms with Gasteiger partial charge in [-0.15, -0.1) is 0 Å². The van der Waals surface area contributed by atoms with Gasteiger partial charge in [0.05, 0.1) is 0 Å². The van der Waals surface area contributed by atoms with Crippen molar-refractivity contribution in [1.82, 2.24) is 14.9 Å². The Morgan fingerprint density at radius 3 is 2.31 bits per heavy atom. The quantitative estimate of drug-likeness (QED) is 0.789. The van der Waals surface area contributed by atoms with E-state index in [1.165, 1.54) is 57.2 Å². The number of Topliss-reactive ketones (excluding diaryl/α,β-unsaturated/α-hetero) is 1. The van der Waals surface area contributed by atoms with Crippen LogP contribution in [0.1, 0.15) is 88.9 Å². The number of hydrogen-bond acceptors (Lipinski definition) is 4. The lowest BCUT2D eigenvalue weighted by Crippen LogP contribution is -2.58. The second-order valence-electron chi connectivity index (χ2n) is 9.33. The van der Waals surface area contributed by atoms with E-state index in [4.69, 9.17) is 0 Å². The Labute approximate surface area is 157 Å². The number of hydrogen-bond donors (Lipinski definition) is 0. The molecule has 0 aromatic carbocycles. The third-order valence-electron chi connectivity index (χ3n) is 7.23. The highest BCUT2D eigenvalue weighted by atomic mass is 16.1. The van der Waals surface area contributed by atoms with Gasteiger partial charge in [0.25, 0.3) is 0 Å². The fourth-order valence-electron chi connectivity index (χ4n) is 5.49. The third-order valence-corrected chi connectivity index (χ3v) is 7.23. The summed E-state index contributed by atoms with van der Waals surface area (Å²) in [6, 6.07) is 0.771. The van der Waals surface area contributed by atoms with Gasteiger partial charge in [-0.1, -0.05) is 20.8 Å². The van der Waals surface area contributed by atoms with Gasteiger partial charge in [-0.3, -0.25) is 4.79 Å². The summed E-state index contributed by atoms with van der Waals surface area (Å²) in [4.78, 5) is 23.6. The zero-order chi connectivity index (χ0) is 18.3. The van der Waals surface area contributed by atoms with Crippen molar-refractivity contribution in [2.45, 2.75) is 83.6 Å². The molecule has 1 aromatic rings. The van der Waals surface area contributed by atoms with Crippen molar-refractivity contribution < 1.29 is 4.79 Å². The van der Waals surface area contributed by atoms with Crippen LogP contribution >= 0.6 is 0 Å². The van der Waals surface area contributed by atoms with E-state index in [9.17, 15) is 4.79 Å². The van der Waals surface area contributed by atoms with Crippen molar-refractivity contribution in [1.29, 1.82) is 0 Å². The van der Waals surface area contributed by atoms with Crippen molar-refractivity contribution in [2.24, 2.45) is 11.3 Å². The summed E-state index contributed by atoms with van der Waals surface area (Å²) >= 11 is 0. The number of rotatable bonds is 5. The van der Waals surface area contributed by atoms with Gasteiger partial charge in [-0.2, -0.15) is 0 Å². The fourth-order valence-corrected chi connectivity index (χ4v) is 5.49. The molecule has 1 saturated heterocycles. The molecule has 2 heterocycles. The lowest BCUT2D eigenvalue weighted by molar-refractivity contribution is -0.141. The van der Waals surface area contributed by atoms with E-state index in [0.717, 1.165) is 18.3 Å². The molecule has 1 aliphatic heterocycles. The highest BCUT2D eigenvalue weighted by Crippen LogP contribution is 2.60. The molecule has 2 saturated carbocycles. The smallest absolute Gasteiger partial charge is 0.135 e. The second kappa shape index (κ2) is 7.03. The van der Waals surface area contributed by atoms with Gasteiger partial charge in [0.1, 0.15) is 11.6 Å². The SMILES string of the molecule is CCC(=O)C1CC2(C1)CC(N1CCC(c3cnc(C(C)C)nc3)CC1)C2. The Morgan fingerprint density at radius 1 is 1.15 bits per heavy atom. The van der Waals surface area contributed by atoms with Gasteiger partial charge in [0.15, 0.2) is 0 Å². The van der Waals surface area contributed by atoms with Crippen LogP contribution in [0.15, 0.2) is 12.4 Å². The number of carbonyl (C=O) groups is 1. The molecule has 4 heteroatoms.